The minimum absolute atomic E-state index is 0.319. The standard InChI is InChI=1S/C10H13NOS/c12-10-4-2-1-3-8(10)9-7-13-6-5-11-9/h1-4,9,11-12H,5-7H2. The highest BCUT2D eigenvalue weighted by Gasteiger charge is 2.17. The van der Waals surface area contributed by atoms with Crippen molar-refractivity contribution in [2.75, 3.05) is 18.1 Å². The Morgan fingerprint density at radius 3 is 2.92 bits per heavy atom. The van der Waals surface area contributed by atoms with E-state index in [9.17, 15) is 5.11 Å². The summed E-state index contributed by atoms with van der Waals surface area (Å²) in [4.78, 5) is 0. The van der Waals surface area contributed by atoms with Gasteiger partial charge in [-0.05, 0) is 6.07 Å². The van der Waals surface area contributed by atoms with Gasteiger partial charge in [0.25, 0.3) is 0 Å². The fourth-order valence-corrected chi connectivity index (χ4v) is 2.51. The van der Waals surface area contributed by atoms with Crippen molar-refractivity contribution >= 4 is 11.8 Å². The summed E-state index contributed by atoms with van der Waals surface area (Å²) in [5.74, 6) is 2.63. The maximum atomic E-state index is 9.61. The van der Waals surface area contributed by atoms with E-state index in [4.69, 9.17) is 0 Å². The van der Waals surface area contributed by atoms with Crippen molar-refractivity contribution in [3.05, 3.63) is 29.8 Å². The van der Waals surface area contributed by atoms with Gasteiger partial charge in [0.05, 0.1) is 0 Å². The summed E-state index contributed by atoms with van der Waals surface area (Å²) >= 11 is 1.93. The number of aromatic hydroxyl groups is 1. The van der Waals surface area contributed by atoms with E-state index < -0.39 is 0 Å². The first-order valence-corrected chi connectivity index (χ1v) is 5.62. The average molecular weight is 195 g/mol. The third-order valence-electron chi connectivity index (χ3n) is 2.23. The molecule has 2 nitrogen and oxygen atoms in total. The normalized spacial score (nSPS) is 22.9. The molecule has 1 aliphatic heterocycles. The lowest BCUT2D eigenvalue weighted by Crippen LogP contribution is -2.30. The molecule has 0 aromatic heterocycles. The van der Waals surface area contributed by atoms with Gasteiger partial charge < -0.3 is 10.4 Å². The van der Waals surface area contributed by atoms with Crippen molar-refractivity contribution < 1.29 is 5.11 Å². The van der Waals surface area contributed by atoms with Gasteiger partial charge in [0.1, 0.15) is 5.75 Å². The fourth-order valence-electron chi connectivity index (χ4n) is 1.55. The van der Waals surface area contributed by atoms with Crippen LogP contribution in [0.2, 0.25) is 0 Å². The van der Waals surface area contributed by atoms with Crippen LogP contribution >= 0.6 is 11.8 Å². The van der Waals surface area contributed by atoms with Gasteiger partial charge in [-0.1, -0.05) is 18.2 Å². The average Bonchev–Trinajstić information content (AvgIpc) is 2.20. The number of phenols is 1. The maximum Gasteiger partial charge on any atom is 0.120 e. The van der Waals surface area contributed by atoms with Crippen molar-refractivity contribution in [2.24, 2.45) is 0 Å². The molecule has 1 atom stereocenters. The van der Waals surface area contributed by atoms with Gasteiger partial charge in [-0.15, -0.1) is 0 Å². The number of hydrogen-bond acceptors (Lipinski definition) is 3. The van der Waals surface area contributed by atoms with Gasteiger partial charge in [0.2, 0.25) is 0 Å². The topological polar surface area (TPSA) is 32.3 Å². The van der Waals surface area contributed by atoms with Gasteiger partial charge >= 0.3 is 0 Å². The molecule has 2 rings (SSSR count). The number of benzene rings is 1. The van der Waals surface area contributed by atoms with E-state index >= 15 is 0 Å². The molecule has 1 aliphatic rings. The van der Waals surface area contributed by atoms with Crippen molar-refractivity contribution in [3.8, 4) is 5.75 Å². The van der Waals surface area contributed by atoms with Crippen LogP contribution in [0.3, 0.4) is 0 Å². The summed E-state index contributed by atoms with van der Waals surface area (Å²) in [5, 5.41) is 13.0. The Morgan fingerprint density at radius 1 is 1.38 bits per heavy atom. The summed E-state index contributed by atoms with van der Waals surface area (Å²) in [6.45, 7) is 1.03. The highest BCUT2D eigenvalue weighted by Crippen LogP contribution is 2.28. The summed E-state index contributed by atoms with van der Waals surface area (Å²) in [7, 11) is 0. The molecule has 0 amide bonds. The highest BCUT2D eigenvalue weighted by molar-refractivity contribution is 7.99. The molecule has 1 saturated heterocycles. The second-order valence-electron chi connectivity index (χ2n) is 3.14. The quantitative estimate of drug-likeness (QED) is 0.716. The summed E-state index contributed by atoms with van der Waals surface area (Å²) < 4.78 is 0. The van der Waals surface area contributed by atoms with Crippen LogP contribution in [0.4, 0.5) is 0 Å². The molecular formula is C10H13NOS. The molecule has 1 heterocycles. The molecule has 0 radical (unpaired) electrons. The van der Waals surface area contributed by atoms with Crippen LogP contribution in [-0.4, -0.2) is 23.2 Å². The molecule has 0 bridgehead atoms. The van der Waals surface area contributed by atoms with Crippen molar-refractivity contribution in [3.63, 3.8) is 0 Å². The Kier molecular flexibility index (Phi) is 2.76. The Morgan fingerprint density at radius 2 is 2.23 bits per heavy atom. The predicted octanol–water partition coefficient (Wildman–Crippen LogP) is 1.77. The van der Waals surface area contributed by atoms with Crippen LogP contribution in [0, 0.1) is 0 Å². The molecule has 70 valence electrons. The molecule has 1 aromatic carbocycles. The Balaban J connectivity index is 2.18. The summed E-state index contributed by atoms with van der Waals surface area (Å²) in [6.07, 6.45) is 0. The van der Waals surface area contributed by atoms with E-state index in [0.717, 1.165) is 17.9 Å². The van der Waals surface area contributed by atoms with Gasteiger partial charge in [0, 0.05) is 29.7 Å². The van der Waals surface area contributed by atoms with Gasteiger partial charge in [-0.25, -0.2) is 0 Å². The zero-order chi connectivity index (χ0) is 9.10. The first-order valence-electron chi connectivity index (χ1n) is 4.47. The smallest absolute Gasteiger partial charge is 0.120 e. The second-order valence-corrected chi connectivity index (χ2v) is 4.29. The lowest BCUT2D eigenvalue weighted by atomic mass is 10.1. The van der Waals surface area contributed by atoms with E-state index in [1.54, 1.807) is 6.07 Å². The lowest BCUT2D eigenvalue weighted by Gasteiger charge is -2.23. The monoisotopic (exact) mass is 195 g/mol. The van der Waals surface area contributed by atoms with E-state index in [1.165, 1.54) is 5.75 Å². The molecular weight excluding hydrogens is 182 g/mol. The molecule has 0 saturated carbocycles. The van der Waals surface area contributed by atoms with Crippen molar-refractivity contribution in [1.29, 1.82) is 0 Å². The largest absolute Gasteiger partial charge is 0.508 e. The SMILES string of the molecule is Oc1ccccc1C1CSCCN1. The van der Waals surface area contributed by atoms with E-state index in [0.29, 0.717) is 11.8 Å². The number of thioether (sulfide) groups is 1. The molecule has 13 heavy (non-hydrogen) atoms. The maximum absolute atomic E-state index is 9.61. The predicted molar refractivity (Wildman–Crippen MR) is 56.2 cm³/mol. The number of hydrogen-bond donors (Lipinski definition) is 2. The van der Waals surface area contributed by atoms with Gasteiger partial charge in [-0.2, -0.15) is 11.8 Å². The van der Waals surface area contributed by atoms with E-state index in [1.807, 2.05) is 30.0 Å². The van der Waals surface area contributed by atoms with E-state index in [-0.39, 0.29) is 0 Å². The van der Waals surface area contributed by atoms with Crippen molar-refractivity contribution in [1.82, 2.24) is 5.32 Å². The second kappa shape index (κ2) is 4.03. The molecule has 1 unspecified atom stereocenters. The van der Waals surface area contributed by atoms with Crippen LogP contribution < -0.4 is 5.32 Å². The highest BCUT2D eigenvalue weighted by atomic mass is 32.2. The first-order chi connectivity index (χ1) is 6.38. The lowest BCUT2D eigenvalue weighted by molar-refractivity contribution is 0.454. The molecule has 2 N–H and O–H groups in total. The third kappa shape index (κ3) is 1.98. The van der Waals surface area contributed by atoms with Crippen LogP contribution in [0.25, 0.3) is 0 Å². The van der Waals surface area contributed by atoms with Crippen LogP contribution in [0.15, 0.2) is 24.3 Å². The molecule has 1 aromatic rings. The van der Waals surface area contributed by atoms with Crippen LogP contribution in [0.1, 0.15) is 11.6 Å². The number of para-hydroxylation sites is 1. The van der Waals surface area contributed by atoms with Gasteiger partial charge in [0.15, 0.2) is 0 Å². The fraction of sp³-hybridized carbons (Fsp3) is 0.400. The zero-order valence-corrected chi connectivity index (χ0v) is 8.18. The molecule has 0 spiro atoms. The van der Waals surface area contributed by atoms with Crippen LogP contribution in [-0.2, 0) is 0 Å². The minimum Gasteiger partial charge on any atom is -0.508 e. The van der Waals surface area contributed by atoms with E-state index in [2.05, 4.69) is 5.32 Å². The summed E-state index contributed by atoms with van der Waals surface area (Å²) in [5.41, 5.74) is 1.02. The zero-order valence-electron chi connectivity index (χ0n) is 7.36. The van der Waals surface area contributed by atoms with Crippen LogP contribution in [0.5, 0.6) is 5.75 Å². The summed E-state index contributed by atoms with van der Waals surface area (Å²) in [6, 6.07) is 7.87. The first kappa shape index (κ1) is 8.91. The minimum atomic E-state index is 0.319. The van der Waals surface area contributed by atoms with Crippen molar-refractivity contribution in [2.45, 2.75) is 6.04 Å². The Bertz CT molecular complexity index is 284. The third-order valence-corrected chi connectivity index (χ3v) is 3.30. The van der Waals surface area contributed by atoms with Gasteiger partial charge in [-0.3, -0.25) is 0 Å². The Labute approximate surface area is 82.4 Å². The number of rotatable bonds is 1. The Hall–Kier alpha value is -0.670. The number of phenolic OH excluding ortho intramolecular Hbond substituents is 1. The molecule has 3 heteroatoms. The molecule has 1 fully saturated rings. The molecule has 0 aliphatic carbocycles. The number of nitrogens with one attached hydrogen (secondary N) is 1.